The Labute approximate surface area is 155 Å². The minimum absolute atomic E-state index is 0.0167. The van der Waals surface area contributed by atoms with Gasteiger partial charge in [0.05, 0.1) is 7.11 Å². The number of likely N-dealkylation sites (N-methyl/N-ethyl adjacent to an activating group) is 1. The van der Waals surface area contributed by atoms with Crippen molar-refractivity contribution in [3.8, 4) is 11.5 Å². The van der Waals surface area contributed by atoms with Gasteiger partial charge in [0.1, 0.15) is 0 Å². The Hall–Kier alpha value is -3.16. The molecule has 0 aliphatic carbocycles. The zero-order valence-corrected chi connectivity index (χ0v) is 15.2. The Morgan fingerprint density at radius 1 is 1.04 bits per heavy atom. The van der Waals surface area contributed by atoms with Crippen LogP contribution in [0.2, 0.25) is 0 Å². The number of nitrogens with zero attached hydrogens (tertiary/aromatic N) is 1. The summed E-state index contributed by atoms with van der Waals surface area (Å²) in [7, 11) is 4.71. The van der Waals surface area contributed by atoms with E-state index in [-0.39, 0.29) is 24.6 Å². The Kier molecular flexibility index (Phi) is 6.70. The molecule has 0 spiro atoms. The molecule has 0 heterocycles. The molecule has 0 fully saturated rings. The van der Waals surface area contributed by atoms with Gasteiger partial charge >= 0.3 is 0 Å². The maximum absolute atomic E-state index is 13.2. The van der Waals surface area contributed by atoms with Crippen LogP contribution in [-0.4, -0.2) is 44.5 Å². The van der Waals surface area contributed by atoms with Crippen molar-refractivity contribution >= 4 is 11.8 Å². The summed E-state index contributed by atoms with van der Waals surface area (Å²) < 4.78 is 36.8. The SMILES string of the molecule is COc1cc(CNC(=O)c2ccc(F)c(F)c2)ccc1OCC(=O)N(C)C. The van der Waals surface area contributed by atoms with Crippen LogP contribution in [0, 0.1) is 11.6 Å². The number of halogens is 2. The topological polar surface area (TPSA) is 67.9 Å². The molecule has 2 amide bonds. The molecule has 0 aliphatic heterocycles. The van der Waals surface area contributed by atoms with Crippen LogP contribution in [-0.2, 0) is 11.3 Å². The van der Waals surface area contributed by atoms with E-state index < -0.39 is 17.5 Å². The van der Waals surface area contributed by atoms with Gasteiger partial charge in [-0.25, -0.2) is 8.78 Å². The maximum atomic E-state index is 13.2. The van der Waals surface area contributed by atoms with E-state index in [2.05, 4.69) is 5.32 Å². The molecular formula is C19H20F2N2O4. The summed E-state index contributed by atoms with van der Waals surface area (Å²) in [6.45, 7) is 0.0146. The Morgan fingerprint density at radius 2 is 1.78 bits per heavy atom. The predicted molar refractivity (Wildman–Crippen MR) is 94.7 cm³/mol. The molecule has 2 aromatic carbocycles. The molecule has 27 heavy (non-hydrogen) atoms. The number of hydrogen-bond donors (Lipinski definition) is 1. The third-order valence-corrected chi connectivity index (χ3v) is 3.71. The molecule has 144 valence electrons. The lowest BCUT2D eigenvalue weighted by Gasteiger charge is -2.14. The number of amides is 2. The number of carbonyl (C=O) groups excluding carboxylic acids is 2. The second-order valence-corrected chi connectivity index (χ2v) is 5.87. The molecule has 0 aromatic heterocycles. The van der Waals surface area contributed by atoms with E-state index in [1.807, 2.05) is 0 Å². The van der Waals surface area contributed by atoms with Crippen LogP contribution in [0.25, 0.3) is 0 Å². The first-order valence-corrected chi connectivity index (χ1v) is 8.05. The summed E-state index contributed by atoms with van der Waals surface area (Å²) in [5.41, 5.74) is 0.720. The van der Waals surface area contributed by atoms with Crippen molar-refractivity contribution in [2.75, 3.05) is 27.8 Å². The number of rotatable bonds is 7. The maximum Gasteiger partial charge on any atom is 0.259 e. The first kappa shape index (κ1) is 20.2. The molecule has 0 unspecified atom stereocenters. The number of ether oxygens (including phenoxy) is 2. The lowest BCUT2D eigenvalue weighted by Crippen LogP contribution is -2.27. The summed E-state index contributed by atoms with van der Waals surface area (Å²) in [6.07, 6.45) is 0. The minimum atomic E-state index is -1.09. The van der Waals surface area contributed by atoms with Crippen LogP contribution >= 0.6 is 0 Å². The van der Waals surface area contributed by atoms with Gasteiger partial charge in [-0.2, -0.15) is 0 Å². The van der Waals surface area contributed by atoms with E-state index in [9.17, 15) is 18.4 Å². The van der Waals surface area contributed by atoms with Crippen LogP contribution in [0.5, 0.6) is 11.5 Å². The van der Waals surface area contributed by atoms with Gasteiger partial charge in [-0.1, -0.05) is 6.07 Å². The van der Waals surface area contributed by atoms with Crippen molar-refractivity contribution in [2.45, 2.75) is 6.54 Å². The number of methoxy groups -OCH3 is 1. The van der Waals surface area contributed by atoms with Crippen LogP contribution in [0.4, 0.5) is 8.78 Å². The van der Waals surface area contributed by atoms with Crippen LogP contribution in [0.15, 0.2) is 36.4 Å². The third kappa shape index (κ3) is 5.40. The fraction of sp³-hybridized carbons (Fsp3) is 0.263. The second kappa shape index (κ2) is 8.98. The van der Waals surface area contributed by atoms with Gasteiger partial charge in [0.15, 0.2) is 29.7 Å². The summed E-state index contributed by atoms with van der Waals surface area (Å²) in [6, 6.07) is 7.91. The van der Waals surface area contributed by atoms with E-state index in [0.717, 1.165) is 12.1 Å². The van der Waals surface area contributed by atoms with Crippen molar-refractivity contribution in [1.29, 1.82) is 0 Å². The lowest BCUT2D eigenvalue weighted by molar-refractivity contribution is -0.130. The van der Waals surface area contributed by atoms with Gasteiger partial charge < -0.3 is 19.7 Å². The minimum Gasteiger partial charge on any atom is -0.493 e. The van der Waals surface area contributed by atoms with Gasteiger partial charge in [0.2, 0.25) is 0 Å². The molecule has 8 heteroatoms. The van der Waals surface area contributed by atoms with Crippen LogP contribution in [0.1, 0.15) is 15.9 Å². The number of hydrogen-bond acceptors (Lipinski definition) is 4. The van der Waals surface area contributed by atoms with Crippen molar-refractivity contribution in [2.24, 2.45) is 0 Å². The van der Waals surface area contributed by atoms with E-state index in [0.29, 0.717) is 17.1 Å². The molecule has 0 bridgehead atoms. The van der Waals surface area contributed by atoms with Crippen molar-refractivity contribution in [1.82, 2.24) is 10.2 Å². The van der Waals surface area contributed by atoms with Gasteiger partial charge in [-0.05, 0) is 35.9 Å². The summed E-state index contributed by atoms with van der Waals surface area (Å²) in [5, 5.41) is 2.61. The van der Waals surface area contributed by atoms with E-state index in [4.69, 9.17) is 9.47 Å². The Balaban J connectivity index is 2.01. The molecule has 0 saturated heterocycles. The Morgan fingerprint density at radius 3 is 2.41 bits per heavy atom. The van der Waals surface area contributed by atoms with Crippen LogP contribution in [0.3, 0.4) is 0 Å². The quantitative estimate of drug-likeness (QED) is 0.803. The third-order valence-electron chi connectivity index (χ3n) is 3.71. The molecule has 0 radical (unpaired) electrons. The predicted octanol–water partition coefficient (Wildman–Crippen LogP) is 2.37. The van der Waals surface area contributed by atoms with Crippen LogP contribution < -0.4 is 14.8 Å². The fourth-order valence-electron chi connectivity index (χ4n) is 2.13. The van der Waals surface area contributed by atoms with E-state index in [1.165, 1.54) is 18.1 Å². The van der Waals surface area contributed by atoms with Gasteiger partial charge in [0.25, 0.3) is 11.8 Å². The molecule has 2 aromatic rings. The number of carbonyl (C=O) groups is 2. The summed E-state index contributed by atoms with van der Waals surface area (Å²) in [5.74, 6) is -2.04. The average Bonchev–Trinajstić information content (AvgIpc) is 2.66. The standard InChI is InChI=1S/C19H20F2N2O4/c1-23(2)18(24)11-27-16-7-4-12(8-17(16)26-3)10-22-19(25)13-5-6-14(20)15(21)9-13/h4-9H,10-11H2,1-3H3,(H,22,25). The molecule has 0 atom stereocenters. The number of benzene rings is 2. The zero-order chi connectivity index (χ0) is 20.0. The molecule has 2 rings (SSSR count). The normalized spacial score (nSPS) is 10.3. The first-order valence-electron chi connectivity index (χ1n) is 8.05. The van der Waals surface area contributed by atoms with E-state index in [1.54, 1.807) is 32.3 Å². The molecular weight excluding hydrogens is 358 g/mol. The van der Waals surface area contributed by atoms with Gasteiger partial charge in [-0.15, -0.1) is 0 Å². The molecule has 1 N–H and O–H groups in total. The summed E-state index contributed by atoms with van der Waals surface area (Å²) in [4.78, 5) is 25.1. The smallest absolute Gasteiger partial charge is 0.259 e. The summed E-state index contributed by atoms with van der Waals surface area (Å²) >= 11 is 0. The molecule has 6 nitrogen and oxygen atoms in total. The second-order valence-electron chi connectivity index (χ2n) is 5.87. The van der Waals surface area contributed by atoms with Gasteiger partial charge in [-0.3, -0.25) is 9.59 Å². The largest absolute Gasteiger partial charge is 0.493 e. The van der Waals surface area contributed by atoms with E-state index >= 15 is 0 Å². The highest BCUT2D eigenvalue weighted by Gasteiger charge is 2.12. The fourth-order valence-corrected chi connectivity index (χ4v) is 2.13. The molecule has 0 saturated carbocycles. The number of nitrogens with one attached hydrogen (secondary N) is 1. The van der Waals surface area contributed by atoms with Crippen molar-refractivity contribution < 1.29 is 27.8 Å². The zero-order valence-electron chi connectivity index (χ0n) is 15.2. The van der Waals surface area contributed by atoms with Gasteiger partial charge in [0, 0.05) is 26.2 Å². The highest BCUT2D eigenvalue weighted by molar-refractivity contribution is 5.94. The monoisotopic (exact) mass is 378 g/mol. The van der Waals surface area contributed by atoms with Crippen molar-refractivity contribution in [3.05, 3.63) is 59.2 Å². The first-order chi connectivity index (χ1) is 12.8. The highest BCUT2D eigenvalue weighted by Crippen LogP contribution is 2.28. The Bertz CT molecular complexity index is 840. The van der Waals surface area contributed by atoms with Crippen molar-refractivity contribution in [3.63, 3.8) is 0 Å². The molecule has 0 aliphatic rings. The average molecular weight is 378 g/mol. The lowest BCUT2D eigenvalue weighted by atomic mass is 10.1. The highest BCUT2D eigenvalue weighted by atomic mass is 19.2.